The van der Waals surface area contributed by atoms with Crippen LogP contribution in [0.3, 0.4) is 0 Å². The maximum absolute atomic E-state index is 12.4. The Kier molecular flexibility index (Phi) is 6.21. The Morgan fingerprint density at radius 2 is 1.88 bits per heavy atom. The summed E-state index contributed by atoms with van der Waals surface area (Å²) in [4.78, 5) is 13.6. The van der Waals surface area contributed by atoms with Gasteiger partial charge in [0, 0.05) is 30.7 Å². The van der Waals surface area contributed by atoms with Crippen LogP contribution >= 0.6 is 11.6 Å². The number of aryl methyl sites for hydroxylation is 2. The van der Waals surface area contributed by atoms with Crippen molar-refractivity contribution < 1.29 is 13.2 Å². The molecular weight excluding hydrogens is 360 g/mol. The molecule has 5 nitrogen and oxygen atoms in total. The molecule has 1 N–H and O–H groups in total. The predicted octanol–water partition coefficient (Wildman–Crippen LogP) is 3.29. The lowest BCUT2D eigenvalue weighted by atomic mass is 10.2. The number of amides is 1. The minimum Gasteiger partial charge on any atom is -0.311 e. The van der Waals surface area contributed by atoms with E-state index in [4.69, 9.17) is 11.6 Å². The van der Waals surface area contributed by atoms with E-state index in [1.165, 1.54) is 19.1 Å². The van der Waals surface area contributed by atoms with Crippen molar-refractivity contribution in [2.45, 2.75) is 25.7 Å². The van der Waals surface area contributed by atoms with Gasteiger partial charge in [0.25, 0.3) is 0 Å². The second kappa shape index (κ2) is 7.99. The van der Waals surface area contributed by atoms with E-state index in [2.05, 4.69) is 4.72 Å². The van der Waals surface area contributed by atoms with E-state index in [9.17, 15) is 13.2 Å². The summed E-state index contributed by atoms with van der Waals surface area (Å²) < 4.78 is 27.3. The molecule has 0 unspecified atom stereocenters. The number of sulfonamides is 1. The lowest BCUT2D eigenvalue weighted by molar-refractivity contribution is -0.116. The Balaban J connectivity index is 2.08. The van der Waals surface area contributed by atoms with Gasteiger partial charge in [-0.05, 0) is 55.3 Å². The summed E-state index contributed by atoms with van der Waals surface area (Å²) in [5.41, 5.74) is 2.46. The maximum atomic E-state index is 12.4. The molecular formula is C18H21ClN2O3S. The monoisotopic (exact) mass is 380 g/mol. The fraction of sp³-hybridized carbons (Fsp3) is 0.278. The molecule has 2 rings (SSSR count). The van der Waals surface area contributed by atoms with Gasteiger partial charge in [-0.2, -0.15) is 0 Å². The Morgan fingerprint density at radius 3 is 2.48 bits per heavy atom. The van der Waals surface area contributed by atoms with E-state index >= 15 is 0 Å². The zero-order valence-corrected chi connectivity index (χ0v) is 16.0. The largest absolute Gasteiger partial charge is 0.311 e. The average molecular weight is 381 g/mol. The minimum absolute atomic E-state index is 0.109. The van der Waals surface area contributed by atoms with Crippen LogP contribution in [0.5, 0.6) is 0 Å². The van der Waals surface area contributed by atoms with Crippen molar-refractivity contribution in [1.29, 1.82) is 0 Å². The van der Waals surface area contributed by atoms with Crippen molar-refractivity contribution in [3.8, 4) is 0 Å². The van der Waals surface area contributed by atoms with Crippen LogP contribution in [0.15, 0.2) is 47.4 Å². The van der Waals surface area contributed by atoms with E-state index in [1.807, 2.05) is 31.2 Å². The van der Waals surface area contributed by atoms with Crippen LogP contribution in [-0.2, 0) is 14.8 Å². The van der Waals surface area contributed by atoms with Gasteiger partial charge in [-0.1, -0.05) is 23.7 Å². The number of nitrogens with zero attached hydrogens (tertiary/aromatic N) is 1. The number of hydrogen-bond donors (Lipinski definition) is 1. The molecule has 0 atom stereocenters. The zero-order valence-electron chi connectivity index (χ0n) is 14.4. The van der Waals surface area contributed by atoms with Crippen molar-refractivity contribution in [3.63, 3.8) is 0 Å². The lowest BCUT2D eigenvalue weighted by Gasteiger charge is -2.22. The third-order valence-corrected chi connectivity index (χ3v) is 5.64. The van der Waals surface area contributed by atoms with E-state index in [0.717, 1.165) is 11.3 Å². The molecule has 25 heavy (non-hydrogen) atoms. The van der Waals surface area contributed by atoms with Gasteiger partial charge in [0.15, 0.2) is 0 Å². The molecule has 1 amide bonds. The highest BCUT2D eigenvalue weighted by Gasteiger charge is 2.17. The van der Waals surface area contributed by atoms with Gasteiger partial charge in [-0.15, -0.1) is 0 Å². The third-order valence-electron chi connectivity index (χ3n) is 3.76. The molecule has 0 spiro atoms. The van der Waals surface area contributed by atoms with Gasteiger partial charge >= 0.3 is 0 Å². The first-order chi connectivity index (χ1) is 11.7. The Labute approximate surface area is 153 Å². The normalized spacial score (nSPS) is 11.4. The fourth-order valence-electron chi connectivity index (χ4n) is 2.42. The number of halogens is 1. The first-order valence-electron chi connectivity index (χ1n) is 7.81. The molecule has 0 aromatic heterocycles. The van der Waals surface area contributed by atoms with E-state index in [-0.39, 0.29) is 23.9 Å². The highest BCUT2D eigenvalue weighted by atomic mass is 35.5. The second-order valence-electron chi connectivity index (χ2n) is 5.82. The Hall–Kier alpha value is -1.89. The SMILES string of the molecule is CC(=O)N(CCNS(=O)(=O)c1ccc(Cl)c(C)c1)c1cccc(C)c1. The van der Waals surface area contributed by atoms with Gasteiger partial charge in [-0.3, -0.25) is 4.79 Å². The van der Waals surface area contributed by atoms with Crippen molar-refractivity contribution in [1.82, 2.24) is 4.72 Å². The second-order valence-corrected chi connectivity index (χ2v) is 7.99. The van der Waals surface area contributed by atoms with Gasteiger partial charge in [0.1, 0.15) is 0 Å². The van der Waals surface area contributed by atoms with Crippen LogP contribution < -0.4 is 9.62 Å². The highest BCUT2D eigenvalue weighted by Crippen LogP contribution is 2.19. The fourth-order valence-corrected chi connectivity index (χ4v) is 3.65. The number of carbonyl (C=O) groups is 1. The van der Waals surface area contributed by atoms with Crippen molar-refractivity contribution in [2.24, 2.45) is 0 Å². The van der Waals surface area contributed by atoms with Gasteiger partial charge < -0.3 is 4.90 Å². The van der Waals surface area contributed by atoms with Crippen LogP contribution in [-0.4, -0.2) is 27.4 Å². The quantitative estimate of drug-likeness (QED) is 0.836. The highest BCUT2D eigenvalue weighted by molar-refractivity contribution is 7.89. The topological polar surface area (TPSA) is 66.5 Å². The van der Waals surface area contributed by atoms with Crippen LogP contribution in [0.1, 0.15) is 18.1 Å². The van der Waals surface area contributed by atoms with Crippen molar-refractivity contribution >= 4 is 33.2 Å². The molecule has 0 radical (unpaired) electrons. The summed E-state index contributed by atoms with van der Waals surface area (Å²) in [6.07, 6.45) is 0. The van der Waals surface area contributed by atoms with Gasteiger partial charge in [-0.25, -0.2) is 13.1 Å². The summed E-state index contributed by atoms with van der Waals surface area (Å²) >= 11 is 5.93. The molecule has 0 aliphatic carbocycles. The smallest absolute Gasteiger partial charge is 0.240 e. The standard InChI is InChI=1S/C18H21ClN2O3S/c1-13-5-4-6-16(11-13)21(15(3)22)10-9-20-25(23,24)17-7-8-18(19)14(2)12-17/h4-8,11-12,20H,9-10H2,1-3H3. The van der Waals surface area contributed by atoms with E-state index in [0.29, 0.717) is 10.6 Å². The van der Waals surface area contributed by atoms with Crippen molar-refractivity contribution in [2.75, 3.05) is 18.0 Å². The Morgan fingerprint density at radius 1 is 1.16 bits per heavy atom. The van der Waals surface area contributed by atoms with Crippen LogP contribution in [0, 0.1) is 13.8 Å². The lowest BCUT2D eigenvalue weighted by Crippen LogP contribution is -2.37. The summed E-state index contributed by atoms with van der Waals surface area (Å²) in [5, 5.41) is 0.515. The number of benzene rings is 2. The van der Waals surface area contributed by atoms with Crippen molar-refractivity contribution in [3.05, 3.63) is 58.6 Å². The predicted molar refractivity (Wildman–Crippen MR) is 101 cm³/mol. The van der Waals surface area contributed by atoms with Gasteiger partial charge in [0.2, 0.25) is 15.9 Å². The van der Waals surface area contributed by atoms with E-state index < -0.39 is 10.0 Å². The molecule has 0 fully saturated rings. The summed E-state index contributed by atoms with van der Waals surface area (Å²) in [6.45, 7) is 5.49. The van der Waals surface area contributed by atoms with E-state index in [1.54, 1.807) is 17.9 Å². The minimum atomic E-state index is -3.66. The molecule has 2 aromatic carbocycles. The molecule has 7 heteroatoms. The number of nitrogens with one attached hydrogen (secondary N) is 1. The Bertz CT molecular complexity index is 882. The summed E-state index contributed by atoms with van der Waals surface area (Å²) in [7, 11) is -3.66. The number of hydrogen-bond acceptors (Lipinski definition) is 3. The van der Waals surface area contributed by atoms with Crippen LogP contribution in [0.2, 0.25) is 5.02 Å². The number of carbonyl (C=O) groups excluding carboxylic acids is 1. The molecule has 0 aliphatic rings. The average Bonchev–Trinajstić information content (AvgIpc) is 2.53. The first kappa shape index (κ1) is 19.4. The molecule has 0 saturated heterocycles. The molecule has 0 bridgehead atoms. The maximum Gasteiger partial charge on any atom is 0.240 e. The molecule has 134 valence electrons. The van der Waals surface area contributed by atoms with Crippen LogP contribution in [0.25, 0.3) is 0 Å². The zero-order chi connectivity index (χ0) is 18.6. The van der Waals surface area contributed by atoms with Gasteiger partial charge in [0.05, 0.1) is 4.90 Å². The third kappa shape index (κ3) is 5.04. The molecule has 0 saturated carbocycles. The summed E-state index contributed by atoms with van der Waals surface area (Å²) in [6, 6.07) is 12.0. The molecule has 2 aromatic rings. The summed E-state index contributed by atoms with van der Waals surface area (Å²) in [5.74, 6) is -0.146. The molecule has 0 aliphatic heterocycles. The number of rotatable bonds is 6. The first-order valence-corrected chi connectivity index (χ1v) is 9.67. The molecule has 0 heterocycles. The number of anilines is 1. The van der Waals surface area contributed by atoms with Crippen LogP contribution in [0.4, 0.5) is 5.69 Å².